The van der Waals surface area contributed by atoms with E-state index in [1.54, 1.807) is 0 Å². The number of benzene rings is 1. The number of ether oxygens (including phenoxy) is 2. The highest BCUT2D eigenvalue weighted by molar-refractivity contribution is 9.09. The molecule has 0 fully saturated rings. The van der Waals surface area contributed by atoms with Crippen LogP contribution in [0.15, 0.2) is 24.3 Å². The van der Waals surface area contributed by atoms with Gasteiger partial charge < -0.3 is 9.47 Å². The van der Waals surface area contributed by atoms with Crippen molar-refractivity contribution in [1.82, 2.24) is 0 Å². The summed E-state index contributed by atoms with van der Waals surface area (Å²) in [6.45, 7) is 3.40. The van der Waals surface area contributed by atoms with E-state index in [-0.39, 0.29) is 11.1 Å². The number of alkyl halides is 1. The molecule has 1 aromatic rings. The molecule has 1 unspecified atom stereocenters. The van der Waals surface area contributed by atoms with Crippen molar-refractivity contribution < 1.29 is 9.47 Å². The van der Waals surface area contributed by atoms with Crippen molar-refractivity contribution >= 4 is 15.9 Å². The third-order valence-corrected chi connectivity index (χ3v) is 3.69. The first-order valence-electron chi connectivity index (χ1n) is 5.25. The van der Waals surface area contributed by atoms with Crippen LogP contribution in [0, 0.1) is 0 Å². The van der Waals surface area contributed by atoms with Crippen LogP contribution in [-0.2, 0) is 22.7 Å². The van der Waals surface area contributed by atoms with Crippen molar-refractivity contribution in [3.8, 4) is 0 Å². The van der Waals surface area contributed by atoms with Gasteiger partial charge in [-0.15, -0.1) is 0 Å². The van der Waals surface area contributed by atoms with E-state index in [1.165, 1.54) is 11.1 Å². The van der Waals surface area contributed by atoms with Crippen LogP contribution in [0.4, 0.5) is 0 Å². The molecule has 1 aliphatic rings. The van der Waals surface area contributed by atoms with E-state index in [2.05, 4.69) is 35.0 Å². The molecule has 0 bridgehead atoms. The molecule has 1 atom stereocenters. The fourth-order valence-electron chi connectivity index (χ4n) is 1.63. The number of fused-ring (bicyclic) bond motifs is 1. The van der Waals surface area contributed by atoms with Crippen molar-refractivity contribution in [2.75, 3.05) is 0 Å². The topological polar surface area (TPSA) is 18.5 Å². The molecular formula is C12H15BrO2. The molecule has 0 aliphatic carbocycles. The molecule has 0 spiro atoms. The molecule has 2 nitrogen and oxygen atoms in total. The molecular weight excluding hydrogens is 256 g/mol. The third kappa shape index (κ3) is 2.60. The van der Waals surface area contributed by atoms with E-state index in [0.717, 1.165) is 6.42 Å². The van der Waals surface area contributed by atoms with E-state index in [0.29, 0.717) is 13.2 Å². The van der Waals surface area contributed by atoms with Crippen molar-refractivity contribution in [2.24, 2.45) is 0 Å². The van der Waals surface area contributed by atoms with E-state index >= 15 is 0 Å². The fraction of sp³-hybridized carbons (Fsp3) is 0.500. The summed E-state index contributed by atoms with van der Waals surface area (Å²) < 4.78 is 11.4. The second-order valence-electron chi connectivity index (χ2n) is 3.68. The van der Waals surface area contributed by atoms with Crippen LogP contribution in [0.1, 0.15) is 24.5 Å². The Bertz CT molecular complexity index is 300. The summed E-state index contributed by atoms with van der Waals surface area (Å²) >= 11 is 3.57. The van der Waals surface area contributed by atoms with E-state index in [4.69, 9.17) is 9.47 Å². The van der Waals surface area contributed by atoms with Crippen LogP contribution in [-0.4, -0.2) is 11.1 Å². The smallest absolute Gasteiger partial charge is 0.170 e. The van der Waals surface area contributed by atoms with Gasteiger partial charge in [0.05, 0.1) is 18.0 Å². The van der Waals surface area contributed by atoms with E-state index in [9.17, 15) is 0 Å². The molecule has 2 rings (SSSR count). The predicted molar refractivity (Wildman–Crippen MR) is 62.8 cm³/mol. The van der Waals surface area contributed by atoms with Crippen molar-refractivity contribution in [2.45, 2.75) is 37.7 Å². The quantitative estimate of drug-likeness (QED) is 0.769. The molecule has 0 N–H and O–H groups in total. The lowest BCUT2D eigenvalue weighted by Crippen LogP contribution is -2.25. The standard InChI is InChI=1S/C12H15BrO2/c1-2-11(13)12-14-7-9-5-3-4-6-10(9)8-15-12/h3-6,11-12H,2,7-8H2,1H3. The van der Waals surface area contributed by atoms with Gasteiger partial charge in [-0.1, -0.05) is 47.1 Å². The first-order valence-corrected chi connectivity index (χ1v) is 6.17. The van der Waals surface area contributed by atoms with Crippen molar-refractivity contribution in [3.63, 3.8) is 0 Å². The zero-order valence-electron chi connectivity index (χ0n) is 8.78. The summed E-state index contributed by atoms with van der Waals surface area (Å²) in [6.07, 6.45) is 0.864. The lowest BCUT2D eigenvalue weighted by atomic mass is 10.1. The Labute approximate surface area is 98.7 Å². The molecule has 1 heterocycles. The van der Waals surface area contributed by atoms with Gasteiger partial charge in [0.1, 0.15) is 0 Å². The summed E-state index contributed by atoms with van der Waals surface area (Å²) in [6, 6.07) is 8.26. The summed E-state index contributed by atoms with van der Waals surface area (Å²) in [5.41, 5.74) is 2.46. The monoisotopic (exact) mass is 270 g/mol. The SMILES string of the molecule is CCC(Br)C1OCc2ccccc2CO1. The molecule has 82 valence electrons. The second kappa shape index (κ2) is 5.10. The number of hydrogen-bond acceptors (Lipinski definition) is 2. The largest absolute Gasteiger partial charge is 0.347 e. The summed E-state index contributed by atoms with van der Waals surface area (Å²) in [4.78, 5) is 0.270. The van der Waals surface area contributed by atoms with Gasteiger partial charge in [0.2, 0.25) is 0 Å². The van der Waals surface area contributed by atoms with Crippen LogP contribution in [0.3, 0.4) is 0 Å². The molecule has 0 saturated carbocycles. The Morgan fingerprint density at radius 3 is 2.27 bits per heavy atom. The normalized spacial score (nSPS) is 19.3. The first kappa shape index (κ1) is 11.1. The molecule has 15 heavy (non-hydrogen) atoms. The molecule has 0 amide bonds. The van der Waals surface area contributed by atoms with Crippen LogP contribution in [0.2, 0.25) is 0 Å². The Morgan fingerprint density at radius 1 is 1.27 bits per heavy atom. The Kier molecular flexibility index (Phi) is 3.78. The summed E-state index contributed by atoms with van der Waals surface area (Å²) in [7, 11) is 0. The number of halogens is 1. The predicted octanol–water partition coefficient (Wildman–Crippen LogP) is 3.23. The van der Waals surface area contributed by atoms with Crippen LogP contribution in [0.25, 0.3) is 0 Å². The Morgan fingerprint density at radius 2 is 1.80 bits per heavy atom. The van der Waals surface area contributed by atoms with Crippen LogP contribution in [0.5, 0.6) is 0 Å². The zero-order valence-corrected chi connectivity index (χ0v) is 10.4. The highest BCUT2D eigenvalue weighted by atomic mass is 79.9. The lowest BCUT2D eigenvalue weighted by Gasteiger charge is -2.19. The Balaban J connectivity index is 2.08. The van der Waals surface area contributed by atoms with Gasteiger partial charge in [0.25, 0.3) is 0 Å². The fourth-order valence-corrected chi connectivity index (χ4v) is 1.94. The van der Waals surface area contributed by atoms with E-state index < -0.39 is 0 Å². The van der Waals surface area contributed by atoms with Gasteiger partial charge in [0.15, 0.2) is 6.29 Å². The minimum atomic E-state index is -0.137. The molecule has 0 saturated heterocycles. The average molecular weight is 271 g/mol. The van der Waals surface area contributed by atoms with Crippen molar-refractivity contribution in [1.29, 1.82) is 0 Å². The second-order valence-corrected chi connectivity index (χ2v) is 4.86. The van der Waals surface area contributed by atoms with Gasteiger partial charge in [-0.2, -0.15) is 0 Å². The molecule has 1 aliphatic heterocycles. The third-order valence-electron chi connectivity index (χ3n) is 2.61. The first-order chi connectivity index (χ1) is 7.31. The highest BCUT2D eigenvalue weighted by Gasteiger charge is 2.22. The highest BCUT2D eigenvalue weighted by Crippen LogP contribution is 2.23. The minimum absolute atomic E-state index is 0.137. The number of rotatable bonds is 2. The summed E-state index contributed by atoms with van der Waals surface area (Å²) in [5.74, 6) is 0. The van der Waals surface area contributed by atoms with E-state index in [1.807, 2.05) is 12.1 Å². The molecule has 3 heteroatoms. The van der Waals surface area contributed by atoms with Crippen LogP contribution >= 0.6 is 15.9 Å². The number of hydrogen-bond donors (Lipinski definition) is 0. The molecule has 0 aromatic heterocycles. The zero-order chi connectivity index (χ0) is 10.7. The maximum Gasteiger partial charge on any atom is 0.170 e. The van der Waals surface area contributed by atoms with Crippen molar-refractivity contribution in [3.05, 3.63) is 35.4 Å². The maximum absolute atomic E-state index is 5.71. The van der Waals surface area contributed by atoms with Gasteiger partial charge >= 0.3 is 0 Å². The molecule has 1 aromatic carbocycles. The average Bonchev–Trinajstić information content (AvgIpc) is 2.50. The maximum atomic E-state index is 5.71. The van der Waals surface area contributed by atoms with Crippen LogP contribution < -0.4 is 0 Å². The van der Waals surface area contributed by atoms with Gasteiger partial charge in [-0.05, 0) is 17.5 Å². The Hall–Kier alpha value is -0.380. The van der Waals surface area contributed by atoms with Gasteiger partial charge in [0, 0.05) is 0 Å². The molecule has 0 radical (unpaired) electrons. The van der Waals surface area contributed by atoms with Gasteiger partial charge in [-0.3, -0.25) is 0 Å². The minimum Gasteiger partial charge on any atom is -0.347 e. The van der Waals surface area contributed by atoms with Gasteiger partial charge in [-0.25, -0.2) is 0 Å². The lowest BCUT2D eigenvalue weighted by molar-refractivity contribution is -0.147. The summed E-state index contributed by atoms with van der Waals surface area (Å²) in [5, 5.41) is 0.